The average Bonchev–Trinajstić information content (AvgIpc) is 2.79. The number of nitrogens with zero attached hydrogens (tertiary/aromatic N) is 3. The number of carbonyl (C=O) groups is 1. The molecule has 6 nitrogen and oxygen atoms in total. The standard InChI is InChI=1S/C11H10ClN3O3/c1-2-15-6-8(5-14-15)18-10-9(12)3-7(4-13-10)11(16)17/h3-6H,2H2,1H3,(H,16,17). The van der Waals surface area contributed by atoms with Gasteiger partial charge in [-0.1, -0.05) is 11.6 Å². The smallest absolute Gasteiger partial charge is 0.337 e. The number of aryl methyl sites for hydroxylation is 1. The Morgan fingerprint density at radius 2 is 2.33 bits per heavy atom. The zero-order valence-corrected chi connectivity index (χ0v) is 10.3. The number of aromatic carboxylic acids is 1. The molecule has 2 heterocycles. The SMILES string of the molecule is CCn1cc(Oc2ncc(C(=O)O)cc2Cl)cn1. The van der Waals surface area contributed by atoms with Gasteiger partial charge in [-0.15, -0.1) is 0 Å². The Hall–Kier alpha value is -2.08. The molecule has 0 radical (unpaired) electrons. The summed E-state index contributed by atoms with van der Waals surface area (Å²) in [6.07, 6.45) is 4.42. The fourth-order valence-electron chi connectivity index (χ4n) is 1.30. The molecule has 0 fully saturated rings. The van der Waals surface area contributed by atoms with Crippen LogP contribution >= 0.6 is 11.6 Å². The third-order valence-electron chi connectivity index (χ3n) is 2.20. The predicted octanol–water partition coefficient (Wildman–Crippen LogP) is 2.44. The van der Waals surface area contributed by atoms with E-state index in [1.54, 1.807) is 10.9 Å². The highest BCUT2D eigenvalue weighted by molar-refractivity contribution is 6.32. The number of halogens is 1. The highest BCUT2D eigenvalue weighted by Crippen LogP contribution is 2.27. The van der Waals surface area contributed by atoms with Crippen LogP contribution in [-0.4, -0.2) is 25.8 Å². The van der Waals surface area contributed by atoms with Gasteiger partial charge in [-0.05, 0) is 13.0 Å². The summed E-state index contributed by atoms with van der Waals surface area (Å²) >= 11 is 5.89. The lowest BCUT2D eigenvalue weighted by Gasteiger charge is -2.04. The maximum absolute atomic E-state index is 10.7. The second-order valence-electron chi connectivity index (χ2n) is 3.45. The molecule has 0 saturated carbocycles. The van der Waals surface area contributed by atoms with Crippen LogP contribution in [0.2, 0.25) is 5.02 Å². The number of pyridine rings is 1. The quantitative estimate of drug-likeness (QED) is 0.921. The van der Waals surface area contributed by atoms with Crippen molar-refractivity contribution < 1.29 is 14.6 Å². The molecule has 2 aromatic heterocycles. The van der Waals surface area contributed by atoms with Crippen molar-refractivity contribution in [2.24, 2.45) is 0 Å². The van der Waals surface area contributed by atoms with Crippen LogP contribution in [0.15, 0.2) is 24.7 Å². The van der Waals surface area contributed by atoms with E-state index in [-0.39, 0.29) is 16.5 Å². The van der Waals surface area contributed by atoms with Crippen molar-refractivity contribution in [1.82, 2.24) is 14.8 Å². The third kappa shape index (κ3) is 2.60. The lowest BCUT2D eigenvalue weighted by atomic mass is 10.3. The maximum Gasteiger partial charge on any atom is 0.337 e. The number of ether oxygens (including phenoxy) is 1. The van der Waals surface area contributed by atoms with Gasteiger partial charge >= 0.3 is 5.97 Å². The topological polar surface area (TPSA) is 77.2 Å². The molecule has 0 saturated heterocycles. The van der Waals surface area contributed by atoms with Gasteiger partial charge in [-0.2, -0.15) is 5.10 Å². The van der Waals surface area contributed by atoms with Gasteiger partial charge in [0.2, 0.25) is 5.88 Å². The van der Waals surface area contributed by atoms with Crippen LogP contribution in [-0.2, 0) is 6.54 Å². The molecule has 0 atom stereocenters. The van der Waals surface area contributed by atoms with Crippen LogP contribution in [0.1, 0.15) is 17.3 Å². The van der Waals surface area contributed by atoms with E-state index >= 15 is 0 Å². The molecule has 7 heteroatoms. The number of hydrogen-bond donors (Lipinski definition) is 1. The molecule has 0 spiro atoms. The minimum absolute atomic E-state index is 0.0107. The first-order valence-corrected chi connectivity index (χ1v) is 5.57. The van der Waals surface area contributed by atoms with Gasteiger partial charge in [0.05, 0.1) is 18.0 Å². The van der Waals surface area contributed by atoms with Gasteiger partial charge in [-0.25, -0.2) is 9.78 Å². The molecule has 0 aliphatic rings. The molecule has 1 N–H and O–H groups in total. The van der Waals surface area contributed by atoms with E-state index in [4.69, 9.17) is 21.4 Å². The normalized spacial score (nSPS) is 10.3. The zero-order valence-electron chi connectivity index (χ0n) is 9.50. The summed E-state index contributed by atoms with van der Waals surface area (Å²) in [6, 6.07) is 1.29. The van der Waals surface area contributed by atoms with Crippen molar-refractivity contribution in [3.8, 4) is 11.6 Å². The van der Waals surface area contributed by atoms with Gasteiger partial charge in [0.15, 0.2) is 5.75 Å². The van der Waals surface area contributed by atoms with Crippen LogP contribution in [0, 0.1) is 0 Å². The van der Waals surface area contributed by atoms with Crippen molar-refractivity contribution in [3.63, 3.8) is 0 Å². The minimum atomic E-state index is -1.09. The molecule has 0 amide bonds. The van der Waals surface area contributed by atoms with Crippen molar-refractivity contribution >= 4 is 17.6 Å². The van der Waals surface area contributed by atoms with Crippen molar-refractivity contribution in [3.05, 3.63) is 35.2 Å². The zero-order chi connectivity index (χ0) is 13.1. The van der Waals surface area contributed by atoms with Crippen LogP contribution in [0.25, 0.3) is 0 Å². The van der Waals surface area contributed by atoms with E-state index in [1.807, 2.05) is 6.92 Å². The number of hydrogen-bond acceptors (Lipinski definition) is 4. The molecule has 94 valence electrons. The van der Waals surface area contributed by atoms with Gasteiger partial charge < -0.3 is 9.84 Å². The molecule has 2 aromatic rings. The number of aromatic nitrogens is 3. The molecule has 0 aromatic carbocycles. The Balaban J connectivity index is 2.21. The Kier molecular flexibility index (Phi) is 3.47. The summed E-state index contributed by atoms with van der Waals surface area (Å²) in [6.45, 7) is 2.67. The molecule has 18 heavy (non-hydrogen) atoms. The number of rotatable bonds is 4. The molecule has 2 rings (SSSR count). The second kappa shape index (κ2) is 5.05. The predicted molar refractivity (Wildman–Crippen MR) is 64.2 cm³/mol. The summed E-state index contributed by atoms with van der Waals surface area (Å²) in [5, 5.41) is 12.9. The fraction of sp³-hybridized carbons (Fsp3) is 0.182. The summed E-state index contributed by atoms with van der Waals surface area (Å²) in [5.74, 6) is -0.443. The van der Waals surface area contributed by atoms with Crippen LogP contribution in [0.5, 0.6) is 11.6 Å². The molecule has 0 aliphatic heterocycles. The average molecular weight is 268 g/mol. The maximum atomic E-state index is 10.7. The summed E-state index contributed by atoms with van der Waals surface area (Å²) in [7, 11) is 0. The Morgan fingerprint density at radius 1 is 1.56 bits per heavy atom. The molecule has 0 bridgehead atoms. The van der Waals surface area contributed by atoms with E-state index in [0.717, 1.165) is 6.54 Å². The summed E-state index contributed by atoms with van der Waals surface area (Å²) < 4.78 is 7.10. The largest absolute Gasteiger partial charge is 0.478 e. The summed E-state index contributed by atoms with van der Waals surface area (Å²) in [5.41, 5.74) is 0.0107. The van der Waals surface area contributed by atoms with Gasteiger partial charge in [-0.3, -0.25) is 4.68 Å². The van der Waals surface area contributed by atoms with E-state index in [0.29, 0.717) is 5.75 Å². The molecule has 0 aliphatic carbocycles. The Morgan fingerprint density at radius 3 is 2.89 bits per heavy atom. The van der Waals surface area contributed by atoms with E-state index in [2.05, 4.69) is 10.1 Å². The number of carboxylic acid groups (broad SMARTS) is 1. The Labute approximate surface area is 108 Å². The number of carboxylic acids is 1. The van der Waals surface area contributed by atoms with Gasteiger partial charge in [0.1, 0.15) is 5.02 Å². The minimum Gasteiger partial charge on any atom is -0.478 e. The first-order valence-electron chi connectivity index (χ1n) is 5.19. The van der Waals surface area contributed by atoms with Gasteiger partial charge in [0, 0.05) is 12.7 Å². The highest BCUT2D eigenvalue weighted by atomic mass is 35.5. The lowest BCUT2D eigenvalue weighted by Crippen LogP contribution is -1.98. The lowest BCUT2D eigenvalue weighted by molar-refractivity contribution is 0.0696. The Bertz CT molecular complexity index is 583. The fourth-order valence-corrected chi connectivity index (χ4v) is 1.50. The van der Waals surface area contributed by atoms with Crippen LogP contribution in [0.4, 0.5) is 0 Å². The highest BCUT2D eigenvalue weighted by Gasteiger charge is 2.11. The van der Waals surface area contributed by atoms with E-state index in [1.165, 1.54) is 18.5 Å². The van der Waals surface area contributed by atoms with Gasteiger partial charge in [0.25, 0.3) is 0 Å². The molecular weight excluding hydrogens is 258 g/mol. The molecular formula is C11H10ClN3O3. The van der Waals surface area contributed by atoms with Crippen molar-refractivity contribution in [1.29, 1.82) is 0 Å². The van der Waals surface area contributed by atoms with Crippen LogP contribution in [0.3, 0.4) is 0 Å². The van der Waals surface area contributed by atoms with Crippen molar-refractivity contribution in [2.75, 3.05) is 0 Å². The van der Waals surface area contributed by atoms with E-state index in [9.17, 15) is 4.79 Å². The summed E-state index contributed by atoms with van der Waals surface area (Å²) in [4.78, 5) is 14.6. The van der Waals surface area contributed by atoms with Crippen molar-refractivity contribution in [2.45, 2.75) is 13.5 Å². The first kappa shape index (κ1) is 12.4. The third-order valence-corrected chi connectivity index (χ3v) is 2.47. The van der Waals surface area contributed by atoms with E-state index < -0.39 is 5.97 Å². The first-order chi connectivity index (χ1) is 8.60. The monoisotopic (exact) mass is 267 g/mol. The van der Waals surface area contributed by atoms with Crippen LogP contribution < -0.4 is 4.74 Å². The molecule has 0 unspecified atom stereocenters. The second-order valence-corrected chi connectivity index (χ2v) is 3.86.